The fraction of sp³-hybridized carbons (Fsp3) is 0.235. The van der Waals surface area contributed by atoms with E-state index in [1.165, 1.54) is 17.8 Å². The highest BCUT2D eigenvalue weighted by Crippen LogP contribution is 2.18. The van der Waals surface area contributed by atoms with Crippen molar-refractivity contribution in [2.24, 2.45) is 0 Å². The molecule has 0 radical (unpaired) electrons. The molecule has 0 aliphatic carbocycles. The Kier molecular flexibility index (Phi) is 4.64. The highest BCUT2D eigenvalue weighted by atomic mass is 16.4. The number of aryl methyl sites for hydroxylation is 1. The van der Waals surface area contributed by atoms with Crippen LogP contribution >= 0.6 is 0 Å². The van der Waals surface area contributed by atoms with Crippen LogP contribution in [0.3, 0.4) is 0 Å². The standard InChI is InChI=1S/C17H18N2O4/c1-10-5-4-6-12(7-10)11(2)19-9-13(17(22)23)8-14(16(19)21)15(20)18-3/h4-9,11H,1-3H3,(H,18,20)(H,22,23). The van der Waals surface area contributed by atoms with Crippen molar-refractivity contribution >= 4 is 11.9 Å². The molecule has 23 heavy (non-hydrogen) atoms. The van der Waals surface area contributed by atoms with Gasteiger partial charge >= 0.3 is 5.97 Å². The number of aromatic carboxylic acids is 1. The highest BCUT2D eigenvalue weighted by molar-refractivity contribution is 5.96. The van der Waals surface area contributed by atoms with E-state index >= 15 is 0 Å². The number of carboxylic acid groups (broad SMARTS) is 1. The summed E-state index contributed by atoms with van der Waals surface area (Å²) >= 11 is 0. The number of hydrogen-bond acceptors (Lipinski definition) is 3. The van der Waals surface area contributed by atoms with Crippen LogP contribution in [0.25, 0.3) is 0 Å². The molecule has 6 heteroatoms. The van der Waals surface area contributed by atoms with E-state index in [1.54, 1.807) is 6.92 Å². The lowest BCUT2D eigenvalue weighted by Gasteiger charge is -2.18. The largest absolute Gasteiger partial charge is 0.478 e. The zero-order valence-corrected chi connectivity index (χ0v) is 13.2. The summed E-state index contributed by atoms with van der Waals surface area (Å²) in [7, 11) is 1.39. The Balaban J connectivity index is 2.65. The molecule has 0 aliphatic rings. The van der Waals surface area contributed by atoms with Crippen LogP contribution in [0.4, 0.5) is 0 Å². The minimum Gasteiger partial charge on any atom is -0.478 e. The van der Waals surface area contributed by atoms with Crippen molar-refractivity contribution < 1.29 is 14.7 Å². The lowest BCUT2D eigenvalue weighted by atomic mass is 10.0. The molecule has 1 atom stereocenters. The lowest BCUT2D eigenvalue weighted by molar-refractivity contribution is 0.0695. The molecule has 0 spiro atoms. The van der Waals surface area contributed by atoms with Crippen molar-refractivity contribution in [3.8, 4) is 0 Å². The number of carboxylic acids is 1. The number of hydrogen-bond donors (Lipinski definition) is 2. The Bertz CT molecular complexity index is 824. The van der Waals surface area contributed by atoms with Gasteiger partial charge < -0.3 is 15.0 Å². The maximum absolute atomic E-state index is 12.6. The number of carbonyl (C=O) groups excluding carboxylic acids is 1. The molecule has 0 bridgehead atoms. The number of amides is 1. The maximum atomic E-state index is 12.6. The first kappa shape index (κ1) is 16.5. The molecule has 1 aromatic heterocycles. The van der Waals surface area contributed by atoms with Crippen LogP contribution in [0.15, 0.2) is 41.3 Å². The summed E-state index contributed by atoms with van der Waals surface area (Å²) in [6.45, 7) is 3.72. The Morgan fingerprint density at radius 1 is 1.26 bits per heavy atom. The Morgan fingerprint density at radius 2 is 1.96 bits per heavy atom. The fourth-order valence-corrected chi connectivity index (χ4v) is 2.39. The molecule has 0 aliphatic heterocycles. The molecule has 1 heterocycles. The molecule has 6 nitrogen and oxygen atoms in total. The van der Waals surface area contributed by atoms with Crippen LogP contribution in [0, 0.1) is 6.92 Å². The molecular formula is C17H18N2O4. The van der Waals surface area contributed by atoms with Crippen LogP contribution in [0.5, 0.6) is 0 Å². The van der Waals surface area contributed by atoms with Gasteiger partial charge in [-0.15, -0.1) is 0 Å². The normalized spacial score (nSPS) is 11.8. The Morgan fingerprint density at radius 3 is 2.52 bits per heavy atom. The van der Waals surface area contributed by atoms with Crippen LogP contribution in [-0.2, 0) is 0 Å². The zero-order chi connectivity index (χ0) is 17.1. The Hall–Kier alpha value is -2.89. The zero-order valence-electron chi connectivity index (χ0n) is 13.2. The first-order valence-corrected chi connectivity index (χ1v) is 7.13. The van der Waals surface area contributed by atoms with Gasteiger partial charge in [-0.3, -0.25) is 9.59 Å². The van der Waals surface area contributed by atoms with Crippen molar-refractivity contribution in [3.05, 3.63) is 69.1 Å². The van der Waals surface area contributed by atoms with Gasteiger partial charge in [0.15, 0.2) is 0 Å². The van der Waals surface area contributed by atoms with Crippen molar-refractivity contribution in [3.63, 3.8) is 0 Å². The number of aromatic nitrogens is 1. The number of benzene rings is 1. The minimum atomic E-state index is -1.19. The molecule has 1 aromatic carbocycles. The van der Waals surface area contributed by atoms with E-state index in [2.05, 4.69) is 5.32 Å². The van der Waals surface area contributed by atoms with E-state index in [0.717, 1.165) is 17.2 Å². The summed E-state index contributed by atoms with van der Waals surface area (Å²) in [6.07, 6.45) is 1.27. The second-order valence-corrected chi connectivity index (χ2v) is 5.33. The number of pyridine rings is 1. The molecule has 1 amide bonds. The second kappa shape index (κ2) is 6.48. The first-order valence-electron chi connectivity index (χ1n) is 7.13. The van der Waals surface area contributed by atoms with E-state index in [-0.39, 0.29) is 11.1 Å². The van der Waals surface area contributed by atoms with Gasteiger partial charge in [-0.25, -0.2) is 4.79 Å². The molecule has 1 unspecified atom stereocenters. The second-order valence-electron chi connectivity index (χ2n) is 5.33. The van der Waals surface area contributed by atoms with Crippen LogP contribution < -0.4 is 10.9 Å². The summed E-state index contributed by atoms with van der Waals surface area (Å²) in [6, 6.07) is 8.28. The van der Waals surface area contributed by atoms with Gasteiger partial charge in [-0.2, -0.15) is 0 Å². The van der Waals surface area contributed by atoms with Gasteiger partial charge in [-0.05, 0) is 25.5 Å². The SMILES string of the molecule is CNC(=O)c1cc(C(=O)O)cn(C(C)c2cccc(C)c2)c1=O. The number of nitrogens with zero attached hydrogens (tertiary/aromatic N) is 1. The van der Waals surface area contributed by atoms with Gasteiger partial charge in [0.25, 0.3) is 11.5 Å². The summed E-state index contributed by atoms with van der Waals surface area (Å²) < 4.78 is 1.28. The van der Waals surface area contributed by atoms with Gasteiger partial charge in [0.05, 0.1) is 11.6 Å². The van der Waals surface area contributed by atoms with Crippen molar-refractivity contribution in [2.75, 3.05) is 7.05 Å². The topological polar surface area (TPSA) is 88.4 Å². The Labute approximate surface area is 133 Å². The van der Waals surface area contributed by atoms with Gasteiger partial charge in [-0.1, -0.05) is 29.8 Å². The van der Waals surface area contributed by atoms with Crippen LogP contribution in [-0.4, -0.2) is 28.6 Å². The molecule has 120 valence electrons. The summed E-state index contributed by atoms with van der Waals surface area (Å²) in [5.74, 6) is -1.80. The predicted octanol–water partition coefficient (Wildman–Crippen LogP) is 1.82. The molecule has 2 N–H and O–H groups in total. The molecule has 2 aromatic rings. The van der Waals surface area contributed by atoms with E-state index < -0.39 is 23.5 Å². The fourth-order valence-electron chi connectivity index (χ4n) is 2.39. The quantitative estimate of drug-likeness (QED) is 0.901. The van der Waals surface area contributed by atoms with Crippen LogP contribution in [0.1, 0.15) is 44.8 Å². The summed E-state index contributed by atoms with van der Waals surface area (Å²) in [4.78, 5) is 35.7. The summed E-state index contributed by atoms with van der Waals surface area (Å²) in [5.41, 5.74) is 1.07. The molecule has 0 fully saturated rings. The molecule has 2 rings (SSSR count). The number of nitrogens with one attached hydrogen (secondary N) is 1. The number of rotatable bonds is 4. The summed E-state index contributed by atoms with van der Waals surface area (Å²) in [5, 5.41) is 11.6. The molecule has 0 saturated heterocycles. The molecule has 0 saturated carbocycles. The van der Waals surface area contributed by atoms with Crippen molar-refractivity contribution in [1.29, 1.82) is 0 Å². The highest BCUT2D eigenvalue weighted by Gasteiger charge is 2.19. The smallest absolute Gasteiger partial charge is 0.337 e. The third-order valence-corrected chi connectivity index (χ3v) is 3.70. The third kappa shape index (κ3) is 3.31. The van der Waals surface area contributed by atoms with E-state index in [4.69, 9.17) is 0 Å². The lowest BCUT2D eigenvalue weighted by Crippen LogP contribution is -2.33. The molecular weight excluding hydrogens is 296 g/mol. The van der Waals surface area contributed by atoms with Crippen LogP contribution in [0.2, 0.25) is 0 Å². The average Bonchev–Trinajstić information content (AvgIpc) is 2.53. The monoisotopic (exact) mass is 314 g/mol. The average molecular weight is 314 g/mol. The van der Waals surface area contributed by atoms with Gasteiger partial charge in [0.2, 0.25) is 0 Å². The minimum absolute atomic E-state index is 0.109. The van der Waals surface area contributed by atoms with Crippen molar-refractivity contribution in [2.45, 2.75) is 19.9 Å². The maximum Gasteiger partial charge on any atom is 0.337 e. The van der Waals surface area contributed by atoms with Gasteiger partial charge in [0.1, 0.15) is 5.56 Å². The third-order valence-electron chi connectivity index (χ3n) is 3.70. The van der Waals surface area contributed by atoms with E-state index in [0.29, 0.717) is 0 Å². The van der Waals surface area contributed by atoms with E-state index in [1.807, 2.05) is 31.2 Å². The number of carbonyl (C=O) groups is 2. The van der Waals surface area contributed by atoms with E-state index in [9.17, 15) is 19.5 Å². The predicted molar refractivity (Wildman–Crippen MR) is 86.0 cm³/mol. The van der Waals surface area contributed by atoms with Gasteiger partial charge in [0, 0.05) is 13.2 Å². The first-order chi connectivity index (χ1) is 10.8. The van der Waals surface area contributed by atoms with Crippen molar-refractivity contribution in [1.82, 2.24) is 9.88 Å².